The third-order valence-electron chi connectivity index (χ3n) is 7.31. The topological polar surface area (TPSA) is 149 Å². The van der Waals surface area contributed by atoms with Crippen molar-refractivity contribution in [2.24, 2.45) is 0 Å². The van der Waals surface area contributed by atoms with Gasteiger partial charge in [0.2, 0.25) is 11.8 Å². The van der Waals surface area contributed by atoms with Crippen LogP contribution in [0, 0.1) is 0 Å². The Balaban J connectivity index is 1.28. The SMILES string of the molecule is COC(=O)C(C)NC(=O)CCC(=O)Nc1ccc(C[C@H](NC(=O)OCC2c3ccccc3-c3ccccc32)C(=O)OC)cc1. The summed E-state index contributed by atoms with van der Waals surface area (Å²) in [6.07, 6.45) is -0.802. The van der Waals surface area contributed by atoms with Crippen LogP contribution in [0.5, 0.6) is 0 Å². The van der Waals surface area contributed by atoms with E-state index in [1.54, 1.807) is 24.3 Å². The van der Waals surface area contributed by atoms with E-state index in [0.29, 0.717) is 11.3 Å². The molecule has 0 spiro atoms. The van der Waals surface area contributed by atoms with Gasteiger partial charge in [-0.15, -0.1) is 0 Å². The Morgan fingerprint density at radius 1 is 0.727 bits per heavy atom. The molecule has 0 saturated carbocycles. The summed E-state index contributed by atoms with van der Waals surface area (Å²) in [4.78, 5) is 61.0. The zero-order valence-electron chi connectivity index (χ0n) is 24.8. The summed E-state index contributed by atoms with van der Waals surface area (Å²) in [6.45, 7) is 1.59. The van der Waals surface area contributed by atoms with Gasteiger partial charge >= 0.3 is 18.0 Å². The van der Waals surface area contributed by atoms with E-state index in [-0.39, 0.29) is 37.7 Å². The molecule has 1 aliphatic carbocycles. The quantitative estimate of drug-likeness (QED) is 0.210. The van der Waals surface area contributed by atoms with Crippen LogP contribution in [-0.4, -0.2) is 62.8 Å². The summed E-state index contributed by atoms with van der Waals surface area (Å²) >= 11 is 0. The molecule has 0 saturated heterocycles. The lowest BCUT2D eigenvalue weighted by Crippen LogP contribution is -2.43. The zero-order chi connectivity index (χ0) is 31.6. The van der Waals surface area contributed by atoms with E-state index in [4.69, 9.17) is 9.47 Å². The van der Waals surface area contributed by atoms with Gasteiger partial charge in [0, 0.05) is 30.9 Å². The Bertz CT molecular complexity index is 1480. The highest BCUT2D eigenvalue weighted by Gasteiger charge is 2.30. The predicted molar refractivity (Wildman–Crippen MR) is 162 cm³/mol. The van der Waals surface area contributed by atoms with Gasteiger partial charge in [-0.25, -0.2) is 14.4 Å². The first kappa shape index (κ1) is 31.7. The first-order valence-corrected chi connectivity index (χ1v) is 14.2. The van der Waals surface area contributed by atoms with Crippen molar-refractivity contribution in [3.05, 3.63) is 89.5 Å². The van der Waals surface area contributed by atoms with Gasteiger partial charge in [-0.1, -0.05) is 60.7 Å². The van der Waals surface area contributed by atoms with Crippen LogP contribution in [0.1, 0.15) is 42.4 Å². The Morgan fingerprint density at radius 2 is 1.30 bits per heavy atom. The lowest BCUT2D eigenvalue weighted by atomic mass is 9.98. The van der Waals surface area contributed by atoms with E-state index in [1.165, 1.54) is 21.1 Å². The van der Waals surface area contributed by atoms with Gasteiger partial charge in [-0.05, 0) is 46.9 Å². The Kier molecular flexibility index (Phi) is 10.7. The third kappa shape index (κ3) is 8.00. The van der Waals surface area contributed by atoms with E-state index in [2.05, 4.69) is 20.7 Å². The molecule has 3 N–H and O–H groups in total. The van der Waals surface area contributed by atoms with E-state index in [1.807, 2.05) is 48.5 Å². The van der Waals surface area contributed by atoms with Crippen molar-refractivity contribution in [1.82, 2.24) is 10.6 Å². The second kappa shape index (κ2) is 14.8. The molecule has 0 heterocycles. The van der Waals surface area contributed by atoms with Crippen LogP contribution >= 0.6 is 0 Å². The fourth-order valence-electron chi connectivity index (χ4n) is 5.08. The number of methoxy groups -OCH3 is 2. The molecule has 4 rings (SSSR count). The van der Waals surface area contributed by atoms with Crippen LogP contribution in [0.25, 0.3) is 11.1 Å². The van der Waals surface area contributed by atoms with Gasteiger partial charge in [0.25, 0.3) is 0 Å². The van der Waals surface area contributed by atoms with Crippen LogP contribution in [0.3, 0.4) is 0 Å². The van der Waals surface area contributed by atoms with Crippen LogP contribution in [0.4, 0.5) is 10.5 Å². The highest BCUT2D eigenvalue weighted by molar-refractivity contribution is 5.94. The molecule has 1 unspecified atom stereocenters. The number of carbonyl (C=O) groups excluding carboxylic acids is 5. The maximum Gasteiger partial charge on any atom is 0.407 e. The lowest BCUT2D eigenvalue weighted by Gasteiger charge is -2.19. The minimum absolute atomic E-state index is 0.0874. The summed E-state index contributed by atoms with van der Waals surface area (Å²) in [5, 5.41) is 7.77. The average Bonchev–Trinajstić information content (AvgIpc) is 3.36. The monoisotopic (exact) mass is 601 g/mol. The molecule has 0 aliphatic heterocycles. The standard InChI is InChI=1S/C33H35N3O8/c1-20(31(39)42-2)34-29(37)16-17-30(38)35-22-14-12-21(13-15-22)18-28(32(40)43-3)36-33(41)44-19-27-25-10-6-4-8-23(25)24-9-5-7-11-26(24)27/h4-15,20,27-28H,16-19H2,1-3H3,(H,34,37)(H,35,38)(H,36,41)/t20?,28-/m0/s1. The van der Waals surface area contributed by atoms with Crippen molar-refractivity contribution in [3.8, 4) is 11.1 Å². The zero-order valence-corrected chi connectivity index (χ0v) is 24.8. The largest absolute Gasteiger partial charge is 0.467 e. The maximum absolute atomic E-state index is 12.8. The van der Waals surface area contributed by atoms with Crippen molar-refractivity contribution in [3.63, 3.8) is 0 Å². The molecule has 11 heteroatoms. The molecule has 230 valence electrons. The predicted octanol–water partition coefficient (Wildman–Crippen LogP) is 3.71. The molecule has 0 aromatic heterocycles. The van der Waals surface area contributed by atoms with Gasteiger partial charge in [-0.2, -0.15) is 0 Å². The minimum Gasteiger partial charge on any atom is -0.467 e. The van der Waals surface area contributed by atoms with E-state index < -0.39 is 36.0 Å². The second-order valence-corrected chi connectivity index (χ2v) is 10.3. The lowest BCUT2D eigenvalue weighted by molar-refractivity contribution is -0.144. The first-order valence-electron chi connectivity index (χ1n) is 14.2. The highest BCUT2D eigenvalue weighted by atomic mass is 16.6. The van der Waals surface area contributed by atoms with Crippen molar-refractivity contribution in [2.75, 3.05) is 26.1 Å². The number of nitrogens with one attached hydrogen (secondary N) is 3. The Morgan fingerprint density at radius 3 is 1.89 bits per heavy atom. The molecule has 0 fully saturated rings. The summed E-state index contributed by atoms with van der Waals surface area (Å²) < 4.78 is 15.0. The summed E-state index contributed by atoms with van der Waals surface area (Å²) in [5.74, 6) is -2.17. The molecule has 0 bridgehead atoms. The molecular weight excluding hydrogens is 566 g/mol. The number of hydrogen-bond donors (Lipinski definition) is 3. The second-order valence-electron chi connectivity index (χ2n) is 10.3. The number of carbonyl (C=O) groups is 5. The van der Waals surface area contributed by atoms with Gasteiger partial charge < -0.3 is 30.2 Å². The highest BCUT2D eigenvalue weighted by Crippen LogP contribution is 2.44. The fraction of sp³-hybridized carbons (Fsp3) is 0.303. The molecule has 1 aliphatic rings. The number of esters is 2. The number of alkyl carbamates (subject to hydrolysis) is 1. The summed E-state index contributed by atoms with van der Waals surface area (Å²) in [7, 11) is 2.46. The number of fused-ring (bicyclic) bond motifs is 3. The molecular formula is C33H35N3O8. The van der Waals surface area contributed by atoms with Crippen molar-refractivity contribution >= 4 is 35.5 Å². The van der Waals surface area contributed by atoms with Crippen LogP contribution in [0.15, 0.2) is 72.8 Å². The number of benzene rings is 3. The van der Waals surface area contributed by atoms with Gasteiger partial charge in [0.05, 0.1) is 14.2 Å². The van der Waals surface area contributed by atoms with E-state index in [0.717, 1.165) is 22.3 Å². The molecule has 3 aromatic carbocycles. The number of rotatable bonds is 12. The van der Waals surface area contributed by atoms with E-state index >= 15 is 0 Å². The van der Waals surface area contributed by atoms with Crippen LogP contribution < -0.4 is 16.0 Å². The number of anilines is 1. The van der Waals surface area contributed by atoms with Crippen LogP contribution in [0.2, 0.25) is 0 Å². The molecule has 2 atom stereocenters. The third-order valence-corrected chi connectivity index (χ3v) is 7.31. The van der Waals surface area contributed by atoms with Crippen molar-refractivity contribution in [2.45, 2.75) is 44.2 Å². The van der Waals surface area contributed by atoms with Crippen molar-refractivity contribution < 1.29 is 38.2 Å². The minimum atomic E-state index is -0.998. The molecule has 3 aromatic rings. The molecule has 3 amide bonds. The van der Waals surface area contributed by atoms with Gasteiger partial charge in [0.1, 0.15) is 18.7 Å². The summed E-state index contributed by atoms with van der Waals surface area (Å²) in [5.41, 5.74) is 5.57. The molecule has 0 radical (unpaired) electrons. The van der Waals surface area contributed by atoms with Gasteiger partial charge in [0.15, 0.2) is 0 Å². The maximum atomic E-state index is 12.8. The van der Waals surface area contributed by atoms with Gasteiger partial charge in [-0.3, -0.25) is 9.59 Å². The molecule has 11 nitrogen and oxygen atoms in total. The van der Waals surface area contributed by atoms with Crippen LogP contribution in [-0.2, 0) is 39.8 Å². The number of ether oxygens (including phenoxy) is 3. The number of amides is 3. The smallest absolute Gasteiger partial charge is 0.407 e. The Labute approximate surface area is 255 Å². The number of hydrogen-bond acceptors (Lipinski definition) is 8. The van der Waals surface area contributed by atoms with E-state index in [9.17, 15) is 24.0 Å². The average molecular weight is 602 g/mol. The van der Waals surface area contributed by atoms with Crippen molar-refractivity contribution in [1.29, 1.82) is 0 Å². The Hall–Kier alpha value is -5.19. The molecule has 44 heavy (non-hydrogen) atoms. The summed E-state index contributed by atoms with van der Waals surface area (Å²) in [6, 6.07) is 20.9. The normalized spacial score (nSPS) is 13.0. The first-order chi connectivity index (χ1) is 21.2. The fourth-order valence-corrected chi connectivity index (χ4v) is 5.08.